The number of aromatic nitrogens is 4. The van der Waals surface area contributed by atoms with Crippen molar-refractivity contribution in [3.05, 3.63) is 76.7 Å². The van der Waals surface area contributed by atoms with Crippen LogP contribution in [-0.4, -0.2) is 88.9 Å². The first-order chi connectivity index (χ1) is 19.9. The molecule has 10 nitrogen and oxygen atoms in total. The van der Waals surface area contributed by atoms with Crippen LogP contribution in [0.3, 0.4) is 0 Å². The number of fused-ring (bicyclic) bond motifs is 2. The summed E-state index contributed by atoms with van der Waals surface area (Å²) in [6.45, 7) is 7.95. The molecule has 0 unspecified atom stereocenters. The molecule has 2 aliphatic rings. The van der Waals surface area contributed by atoms with Gasteiger partial charge in [0.25, 0.3) is 0 Å². The lowest BCUT2D eigenvalue weighted by Gasteiger charge is -2.36. The molecule has 10 heteroatoms. The minimum Gasteiger partial charge on any atom is -0.383 e. The lowest BCUT2D eigenvalue weighted by atomic mass is 9.99. The number of aromatic amines is 1. The summed E-state index contributed by atoms with van der Waals surface area (Å²) in [5.41, 5.74) is 8.71. The number of carbonyl (C=O) groups is 1. The van der Waals surface area contributed by atoms with E-state index >= 15 is 0 Å². The Morgan fingerprint density at radius 3 is 2.78 bits per heavy atom. The van der Waals surface area contributed by atoms with Crippen molar-refractivity contribution in [1.29, 1.82) is 0 Å². The van der Waals surface area contributed by atoms with Crippen molar-refractivity contribution in [2.45, 2.75) is 26.3 Å². The summed E-state index contributed by atoms with van der Waals surface area (Å²) >= 11 is 0. The van der Waals surface area contributed by atoms with Gasteiger partial charge in [0, 0.05) is 67.5 Å². The Morgan fingerprint density at radius 2 is 1.98 bits per heavy atom. The number of hydrogen-bond donors (Lipinski definition) is 3. The van der Waals surface area contributed by atoms with Gasteiger partial charge >= 0.3 is 0 Å². The Morgan fingerprint density at radius 1 is 1.15 bits per heavy atom. The van der Waals surface area contributed by atoms with E-state index in [0.717, 1.165) is 82.1 Å². The summed E-state index contributed by atoms with van der Waals surface area (Å²) in [5.74, 6) is 0.484. The van der Waals surface area contributed by atoms with Gasteiger partial charge in [0.15, 0.2) is 0 Å². The predicted molar refractivity (Wildman–Crippen MR) is 161 cm³/mol. The van der Waals surface area contributed by atoms with E-state index in [9.17, 15) is 4.79 Å². The molecule has 41 heavy (non-hydrogen) atoms. The molecule has 0 spiro atoms. The number of methoxy groups -OCH3 is 1. The number of ether oxygens (including phenoxy) is 1. The van der Waals surface area contributed by atoms with E-state index in [4.69, 9.17) is 9.72 Å². The monoisotopic (exact) mass is 552 g/mol. The van der Waals surface area contributed by atoms with E-state index in [-0.39, 0.29) is 11.9 Å². The van der Waals surface area contributed by atoms with Crippen molar-refractivity contribution in [3.8, 4) is 0 Å². The standard InChI is InChI=1S/C31H36N8O2/c1-19-17-32-31(33-21-8-9-22-20(2)36-37-27(22)16-21)35-29(19)25-11-10-24-23(25)6-5-7-26(24)34-30(40)28(18-41-4)39-14-12-38(3)13-15-39/h5-9,11,16-17,28H,10,12-15,18H2,1-4H3,(H,34,40)(H,36,37)(H,32,33,35)/t28-/m1/s1. The van der Waals surface area contributed by atoms with Gasteiger partial charge in [-0.2, -0.15) is 5.10 Å². The molecule has 6 rings (SSSR count). The SMILES string of the molecule is COC[C@H](C(=O)Nc1cccc2c1CC=C2c1nc(Nc2ccc3c(C)[nH]nc3c2)ncc1C)N1CCN(C)CC1. The molecule has 0 radical (unpaired) electrons. The number of likely N-dealkylation sites (N-methyl/N-ethyl adjacent to an activating group) is 1. The van der Waals surface area contributed by atoms with Crippen molar-refractivity contribution < 1.29 is 9.53 Å². The van der Waals surface area contributed by atoms with Crippen molar-refractivity contribution in [2.24, 2.45) is 0 Å². The largest absolute Gasteiger partial charge is 0.383 e. The minimum atomic E-state index is -0.333. The number of benzene rings is 2. The zero-order valence-corrected chi connectivity index (χ0v) is 24.0. The summed E-state index contributed by atoms with van der Waals surface area (Å²) in [5, 5.41) is 15.0. The molecule has 2 aromatic heterocycles. The predicted octanol–water partition coefficient (Wildman–Crippen LogP) is 3.90. The molecule has 1 aliphatic heterocycles. The first kappa shape index (κ1) is 27.1. The topological polar surface area (TPSA) is 111 Å². The number of H-pyrrole nitrogens is 1. The molecule has 2 aromatic carbocycles. The average Bonchev–Trinajstić information content (AvgIpc) is 3.57. The van der Waals surface area contributed by atoms with E-state index in [2.05, 4.69) is 54.8 Å². The van der Waals surface area contributed by atoms with Gasteiger partial charge in [-0.3, -0.25) is 14.8 Å². The van der Waals surface area contributed by atoms with Gasteiger partial charge in [-0.1, -0.05) is 18.2 Å². The Kier molecular flexibility index (Phi) is 7.53. The number of allylic oxidation sites excluding steroid dienone is 1. The molecule has 0 saturated carbocycles. The molecule has 1 atom stereocenters. The molecule has 1 saturated heterocycles. The van der Waals surface area contributed by atoms with Gasteiger partial charge in [0.2, 0.25) is 11.9 Å². The quantitative estimate of drug-likeness (QED) is 0.302. The highest BCUT2D eigenvalue weighted by Crippen LogP contribution is 2.37. The second-order valence-electron chi connectivity index (χ2n) is 10.9. The van der Waals surface area contributed by atoms with E-state index in [1.165, 1.54) is 0 Å². The summed E-state index contributed by atoms with van der Waals surface area (Å²) in [4.78, 5) is 27.4. The second-order valence-corrected chi connectivity index (χ2v) is 10.9. The van der Waals surface area contributed by atoms with E-state index in [1.807, 2.05) is 50.4 Å². The van der Waals surface area contributed by atoms with Crippen LogP contribution in [0.5, 0.6) is 0 Å². The number of nitrogens with zero attached hydrogens (tertiary/aromatic N) is 5. The highest BCUT2D eigenvalue weighted by molar-refractivity contribution is 5.98. The maximum atomic E-state index is 13.5. The van der Waals surface area contributed by atoms with E-state index in [0.29, 0.717) is 19.0 Å². The van der Waals surface area contributed by atoms with Crippen LogP contribution in [0, 0.1) is 13.8 Å². The van der Waals surface area contributed by atoms with Crippen LogP contribution in [0.25, 0.3) is 16.5 Å². The summed E-state index contributed by atoms with van der Waals surface area (Å²) in [7, 11) is 3.76. The highest BCUT2D eigenvalue weighted by atomic mass is 16.5. The molecule has 1 amide bonds. The molecule has 1 aliphatic carbocycles. The van der Waals surface area contributed by atoms with Crippen LogP contribution in [-0.2, 0) is 16.0 Å². The van der Waals surface area contributed by atoms with Gasteiger partial charge < -0.3 is 20.3 Å². The number of amides is 1. The number of rotatable bonds is 8. The van der Waals surface area contributed by atoms with Gasteiger partial charge in [-0.25, -0.2) is 9.97 Å². The Balaban J connectivity index is 1.22. The molecule has 0 bridgehead atoms. The van der Waals surface area contributed by atoms with Crippen molar-refractivity contribution in [1.82, 2.24) is 30.0 Å². The van der Waals surface area contributed by atoms with Gasteiger partial charge in [-0.15, -0.1) is 0 Å². The molecule has 1 fully saturated rings. The highest BCUT2D eigenvalue weighted by Gasteiger charge is 2.30. The molecule has 212 valence electrons. The third-order valence-corrected chi connectivity index (χ3v) is 8.07. The lowest BCUT2D eigenvalue weighted by molar-refractivity contribution is -0.124. The Bertz CT molecular complexity index is 1620. The molecule has 3 heterocycles. The van der Waals surface area contributed by atoms with Gasteiger partial charge in [0.05, 0.1) is 17.8 Å². The van der Waals surface area contributed by atoms with Crippen LogP contribution in [0.2, 0.25) is 0 Å². The van der Waals surface area contributed by atoms with Crippen LogP contribution >= 0.6 is 0 Å². The lowest BCUT2D eigenvalue weighted by Crippen LogP contribution is -2.54. The Hall–Kier alpha value is -4.12. The molecular weight excluding hydrogens is 516 g/mol. The zero-order chi connectivity index (χ0) is 28.5. The van der Waals surface area contributed by atoms with Crippen LogP contribution in [0.4, 0.5) is 17.3 Å². The minimum absolute atomic E-state index is 0.0352. The second kappa shape index (κ2) is 11.4. The average molecular weight is 553 g/mol. The van der Waals surface area contributed by atoms with Gasteiger partial charge in [-0.05, 0) is 68.3 Å². The fourth-order valence-electron chi connectivity index (χ4n) is 5.70. The maximum absolute atomic E-state index is 13.5. The van der Waals surface area contributed by atoms with Gasteiger partial charge in [0.1, 0.15) is 6.04 Å². The van der Waals surface area contributed by atoms with E-state index < -0.39 is 0 Å². The normalized spacial score (nSPS) is 16.4. The first-order valence-electron chi connectivity index (χ1n) is 14.0. The maximum Gasteiger partial charge on any atom is 0.244 e. The molecular formula is C31H36N8O2. The third-order valence-electron chi connectivity index (χ3n) is 8.07. The van der Waals surface area contributed by atoms with Crippen molar-refractivity contribution in [2.75, 3.05) is 57.6 Å². The molecule has 3 N–H and O–H groups in total. The van der Waals surface area contributed by atoms with Crippen LogP contribution in [0.15, 0.2) is 48.7 Å². The molecule has 4 aromatic rings. The third kappa shape index (κ3) is 5.46. The number of carbonyl (C=O) groups excluding carboxylic acids is 1. The van der Waals surface area contributed by atoms with Crippen LogP contribution < -0.4 is 10.6 Å². The number of hydrogen-bond acceptors (Lipinski definition) is 8. The fraction of sp³-hybridized carbons (Fsp3) is 0.355. The van der Waals surface area contributed by atoms with E-state index in [1.54, 1.807) is 7.11 Å². The summed E-state index contributed by atoms with van der Waals surface area (Å²) in [6.07, 6.45) is 4.74. The fourth-order valence-corrected chi connectivity index (χ4v) is 5.70. The number of piperazine rings is 1. The van der Waals surface area contributed by atoms with Crippen molar-refractivity contribution in [3.63, 3.8) is 0 Å². The first-order valence-corrected chi connectivity index (χ1v) is 14.0. The summed E-state index contributed by atoms with van der Waals surface area (Å²) in [6, 6.07) is 11.8. The number of nitrogens with one attached hydrogen (secondary N) is 3. The smallest absolute Gasteiger partial charge is 0.244 e. The van der Waals surface area contributed by atoms with Crippen LogP contribution in [0.1, 0.15) is 28.1 Å². The number of anilines is 3. The number of aryl methyl sites for hydroxylation is 2. The van der Waals surface area contributed by atoms with Crippen molar-refractivity contribution >= 4 is 39.7 Å². The zero-order valence-electron chi connectivity index (χ0n) is 24.0. The Labute approximate surface area is 239 Å². The summed E-state index contributed by atoms with van der Waals surface area (Å²) < 4.78 is 5.45.